The standard InChI is InChI=1S/C17H18O2S/c1-12(18)14-6-2-4-8-16(14)19-10-13-11-20-17-9-5-3-7-15(13)17/h2-9,12-13,18H,10-11H2,1H3. The zero-order chi connectivity index (χ0) is 13.9. The summed E-state index contributed by atoms with van der Waals surface area (Å²) in [6.07, 6.45) is -0.503. The third kappa shape index (κ3) is 2.69. The highest BCUT2D eigenvalue weighted by Crippen LogP contribution is 2.39. The van der Waals surface area contributed by atoms with Gasteiger partial charge in [-0.3, -0.25) is 0 Å². The lowest BCUT2D eigenvalue weighted by Crippen LogP contribution is -2.11. The molecule has 1 N–H and O–H groups in total. The van der Waals surface area contributed by atoms with Crippen LogP contribution in [0.1, 0.15) is 30.1 Å². The summed E-state index contributed by atoms with van der Waals surface area (Å²) in [6, 6.07) is 16.2. The summed E-state index contributed by atoms with van der Waals surface area (Å²) >= 11 is 1.89. The molecule has 0 aromatic heterocycles. The van der Waals surface area contributed by atoms with Crippen molar-refractivity contribution in [3.05, 3.63) is 59.7 Å². The zero-order valence-corrected chi connectivity index (χ0v) is 12.3. The molecule has 3 heteroatoms. The van der Waals surface area contributed by atoms with E-state index >= 15 is 0 Å². The molecule has 3 rings (SSSR count). The molecule has 1 heterocycles. The lowest BCUT2D eigenvalue weighted by Gasteiger charge is -2.16. The Bertz CT molecular complexity index is 595. The third-order valence-electron chi connectivity index (χ3n) is 3.61. The SMILES string of the molecule is CC(O)c1ccccc1OCC1CSc2ccccc21. The summed E-state index contributed by atoms with van der Waals surface area (Å²) in [6.45, 7) is 2.43. The molecule has 0 amide bonds. The first-order chi connectivity index (χ1) is 9.75. The monoisotopic (exact) mass is 286 g/mol. The van der Waals surface area contributed by atoms with Gasteiger partial charge in [-0.1, -0.05) is 36.4 Å². The third-order valence-corrected chi connectivity index (χ3v) is 4.86. The van der Waals surface area contributed by atoms with E-state index in [0.717, 1.165) is 17.1 Å². The van der Waals surface area contributed by atoms with Crippen molar-refractivity contribution < 1.29 is 9.84 Å². The number of para-hydroxylation sites is 1. The number of hydrogen-bond donors (Lipinski definition) is 1. The largest absolute Gasteiger partial charge is 0.493 e. The van der Waals surface area contributed by atoms with Crippen molar-refractivity contribution in [2.24, 2.45) is 0 Å². The molecule has 20 heavy (non-hydrogen) atoms. The Morgan fingerprint density at radius 3 is 2.80 bits per heavy atom. The molecular formula is C17H18O2S. The Morgan fingerprint density at radius 2 is 1.95 bits per heavy atom. The topological polar surface area (TPSA) is 29.5 Å². The second-order valence-electron chi connectivity index (χ2n) is 5.07. The van der Waals surface area contributed by atoms with E-state index in [9.17, 15) is 5.11 Å². The van der Waals surface area contributed by atoms with E-state index in [2.05, 4.69) is 24.3 Å². The van der Waals surface area contributed by atoms with Crippen LogP contribution < -0.4 is 4.74 Å². The minimum Gasteiger partial charge on any atom is -0.493 e. The highest BCUT2D eigenvalue weighted by molar-refractivity contribution is 7.99. The molecule has 0 saturated heterocycles. The average Bonchev–Trinajstić information content (AvgIpc) is 2.88. The molecule has 2 unspecified atom stereocenters. The summed E-state index contributed by atoms with van der Waals surface area (Å²) < 4.78 is 5.97. The van der Waals surface area contributed by atoms with Crippen molar-refractivity contribution in [1.29, 1.82) is 0 Å². The van der Waals surface area contributed by atoms with Crippen LogP contribution in [-0.2, 0) is 0 Å². The van der Waals surface area contributed by atoms with Gasteiger partial charge < -0.3 is 9.84 Å². The van der Waals surface area contributed by atoms with Crippen LogP contribution in [-0.4, -0.2) is 17.5 Å². The Kier molecular flexibility index (Phi) is 3.99. The van der Waals surface area contributed by atoms with Crippen LogP contribution in [0.3, 0.4) is 0 Å². The van der Waals surface area contributed by atoms with E-state index in [1.807, 2.05) is 36.0 Å². The molecule has 0 spiro atoms. The summed E-state index contributed by atoms with van der Waals surface area (Å²) in [4.78, 5) is 1.37. The summed E-state index contributed by atoms with van der Waals surface area (Å²) in [5, 5.41) is 9.77. The molecule has 0 fully saturated rings. The zero-order valence-electron chi connectivity index (χ0n) is 11.5. The molecule has 1 aliphatic rings. The number of benzene rings is 2. The average molecular weight is 286 g/mol. The van der Waals surface area contributed by atoms with Crippen molar-refractivity contribution in [1.82, 2.24) is 0 Å². The van der Waals surface area contributed by atoms with Crippen molar-refractivity contribution in [3.8, 4) is 5.75 Å². The van der Waals surface area contributed by atoms with Crippen LogP contribution in [0.5, 0.6) is 5.75 Å². The highest BCUT2D eigenvalue weighted by Gasteiger charge is 2.23. The van der Waals surface area contributed by atoms with Gasteiger partial charge in [-0.25, -0.2) is 0 Å². The molecule has 2 aromatic carbocycles. The number of aliphatic hydroxyl groups excluding tert-OH is 1. The fraction of sp³-hybridized carbons (Fsp3) is 0.294. The highest BCUT2D eigenvalue weighted by atomic mass is 32.2. The molecule has 0 saturated carbocycles. The molecule has 1 aliphatic heterocycles. The van der Waals surface area contributed by atoms with Crippen molar-refractivity contribution in [2.75, 3.05) is 12.4 Å². The smallest absolute Gasteiger partial charge is 0.125 e. The van der Waals surface area contributed by atoms with E-state index in [1.165, 1.54) is 10.5 Å². The number of thioether (sulfide) groups is 1. The van der Waals surface area contributed by atoms with Crippen LogP contribution in [0.2, 0.25) is 0 Å². The Balaban J connectivity index is 1.72. The van der Waals surface area contributed by atoms with Crippen LogP contribution in [0.15, 0.2) is 53.4 Å². The molecule has 2 atom stereocenters. The summed E-state index contributed by atoms with van der Waals surface area (Å²) in [5.74, 6) is 2.28. The second kappa shape index (κ2) is 5.90. The summed E-state index contributed by atoms with van der Waals surface area (Å²) in [7, 11) is 0. The molecule has 104 valence electrons. The van der Waals surface area contributed by atoms with E-state index in [-0.39, 0.29) is 0 Å². The quantitative estimate of drug-likeness (QED) is 0.921. The van der Waals surface area contributed by atoms with Gasteiger partial charge in [0.25, 0.3) is 0 Å². The van der Waals surface area contributed by atoms with Crippen LogP contribution in [0.4, 0.5) is 0 Å². The predicted octanol–water partition coefficient (Wildman–Crippen LogP) is 4.01. The van der Waals surface area contributed by atoms with Crippen molar-refractivity contribution in [3.63, 3.8) is 0 Å². The summed E-state index contributed by atoms with van der Waals surface area (Å²) in [5.41, 5.74) is 2.23. The maximum atomic E-state index is 9.77. The predicted molar refractivity (Wildman–Crippen MR) is 82.5 cm³/mol. The molecule has 2 nitrogen and oxygen atoms in total. The van der Waals surface area contributed by atoms with E-state index in [4.69, 9.17) is 4.74 Å². The molecular weight excluding hydrogens is 268 g/mol. The van der Waals surface area contributed by atoms with E-state index < -0.39 is 6.10 Å². The number of fused-ring (bicyclic) bond motifs is 1. The van der Waals surface area contributed by atoms with Gasteiger partial charge in [0.2, 0.25) is 0 Å². The number of ether oxygens (including phenoxy) is 1. The number of hydrogen-bond acceptors (Lipinski definition) is 3. The minimum absolute atomic E-state index is 0.429. The van der Waals surface area contributed by atoms with Gasteiger partial charge in [-0.15, -0.1) is 11.8 Å². The van der Waals surface area contributed by atoms with Crippen LogP contribution in [0.25, 0.3) is 0 Å². The Labute approximate surface area is 123 Å². The second-order valence-corrected chi connectivity index (χ2v) is 6.13. The van der Waals surface area contributed by atoms with Gasteiger partial charge in [0.15, 0.2) is 0 Å². The molecule has 2 aromatic rings. The van der Waals surface area contributed by atoms with E-state index in [0.29, 0.717) is 12.5 Å². The van der Waals surface area contributed by atoms with Crippen LogP contribution >= 0.6 is 11.8 Å². The van der Waals surface area contributed by atoms with Gasteiger partial charge in [0.1, 0.15) is 5.75 Å². The number of aliphatic hydroxyl groups is 1. The van der Waals surface area contributed by atoms with Crippen LogP contribution in [0, 0.1) is 0 Å². The molecule has 0 radical (unpaired) electrons. The van der Waals surface area contributed by atoms with Gasteiger partial charge in [0.05, 0.1) is 12.7 Å². The first-order valence-electron chi connectivity index (χ1n) is 6.87. The fourth-order valence-corrected chi connectivity index (χ4v) is 3.75. The maximum absolute atomic E-state index is 9.77. The number of rotatable bonds is 4. The van der Waals surface area contributed by atoms with Gasteiger partial charge in [-0.05, 0) is 24.6 Å². The van der Waals surface area contributed by atoms with Gasteiger partial charge in [0, 0.05) is 22.1 Å². The van der Waals surface area contributed by atoms with Crippen molar-refractivity contribution >= 4 is 11.8 Å². The molecule has 0 aliphatic carbocycles. The molecule has 0 bridgehead atoms. The first kappa shape index (κ1) is 13.5. The van der Waals surface area contributed by atoms with Gasteiger partial charge >= 0.3 is 0 Å². The normalized spacial score (nSPS) is 18.6. The Hall–Kier alpha value is -1.45. The van der Waals surface area contributed by atoms with E-state index in [1.54, 1.807) is 6.92 Å². The van der Waals surface area contributed by atoms with Crippen molar-refractivity contribution in [2.45, 2.75) is 23.8 Å². The lowest BCUT2D eigenvalue weighted by molar-refractivity contribution is 0.190. The fourth-order valence-electron chi connectivity index (χ4n) is 2.51. The Morgan fingerprint density at radius 1 is 1.20 bits per heavy atom. The lowest BCUT2D eigenvalue weighted by atomic mass is 10.0. The van der Waals surface area contributed by atoms with Gasteiger partial charge in [-0.2, -0.15) is 0 Å². The first-order valence-corrected chi connectivity index (χ1v) is 7.86. The maximum Gasteiger partial charge on any atom is 0.125 e. The minimum atomic E-state index is -0.503.